The number of thiophene rings is 1. The van der Waals surface area contributed by atoms with Crippen molar-refractivity contribution in [3.8, 4) is 0 Å². The smallest absolute Gasteiger partial charge is 0.262 e. The number of hydrogen-bond acceptors (Lipinski definition) is 6. The predicted molar refractivity (Wildman–Crippen MR) is 125 cm³/mol. The van der Waals surface area contributed by atoms with Gasteiger partial charge in [0, 0.05) is 40.6 Å². The summed E-state index contributed by atoms with van der Waals surface area (Å²) in [6, 6.07) is 8.22. The van der Waals surface area contributed by atoms with Gasteiger partial charge in [0.1, 0.15) is 4.83 Å². The summed E-state index contributed by atoms with van der Waals surface area (Å²) >= 11 is 3.51. The van der Waals surface area contributed by atoms with Gasteiger partial charge in [0.2, 0.25) is 0 Å². The van der Waals surface area contributed by atoms with Gasteiger partial charge in [-0.05, 0) is 29.4 Å². The van der Waals surface area contributed by atoms with E-state index in [9.17, 15) is 9.59 Å². The van der Waals surface area contributed by atoms with Gasteiger partial charge in [0.05, 0.1) is 18.3 Å². The molecule has 0 saturated heterocycles. The molecule has 0 N–H and O–H groups in total. The molecule has 0 atom stereocenters. The third kappa shape index (κ3) is 2.94. The van der Waals surface area contributed by atoms with Crippen LogP contribution in [-0.2, 0) is 28.9 Å². The van der Waals surface area contributed by atoms with Crippen LogP contribution in [0.4, 0.5) is 5.69 Å². The summed E-state index contributed by atoms with van der Waals surface area (Å²) in [7, 11) is 1.99. The Morgan fingerprint density at radius 3 is 2.90 bits per heavy atom. The molecular weight excluding hydrogens is 414 g/mol. The quantitative estimate of drug-likeness (QED) is 0.577. The minimum Gasteiger partial charge on any atom is -0.347 e. The van der Waals surface area contributed by atoms with E-state index in [4.69, 9.17) is 0 Å². The molecule has 2 aliphatic heterocycles. The molecular formula is C23H23N3O2S2. The Hall–Kier alpha value is -2.38. The van der Waals surface area contributed by atoms with E-state index in [0.717, 1.165) is 39.7 Å². The number of aryl methyl sites for hydroxylation is 1. The molecule has 0 aliphatic carbocycles. The highest BCUT2D eigenvalue weighted by Crippen LogP contribution is 2.46. The van der Waals surface area contributed by atoms with Gasteiger partial charge in [-0.25, -0.2) is 4.98 Å². The molecule has 0 bridgehead atoms. The maximum Gasteiger partial charge on any atom is 0.262 e. The summed E-state index contributed by atoms with van der Waals surface area (Å²) < 4.78 is 1.46. The lowest BCUT2D eigenvalue weighted by Crippen LogP contribution is -2.27. The number of para-hydroxylation sites is 1. The molecule has 0 unspecified atom stereocenters. The molecule has 0 radical (unpaired) electrons. The van der Waals surface area contributed by atoms with Crippen LogP contribution >= 0.6 is 23.1 Å². The van der Waals surface area contributed by atoms with Gasteiger partial charge in [-0.2, -0.15) is 11.8 Å². The monoisotopic (exact) mass is 437 g/mol. The van der Waals surface area contributed by atoms with Crippen molar-refractivity contribution >= 4 is 44.8 Å². The van der Waals surface area contributed by atoms with Crippen LogP contribution < -0.4 is 10.5 Å². The number of benzene rings is 1. The molecule has 5 nitrogen and oxygen atoms in total. The van der Waals surface area contributed by atoms with E-state index in [1.54, 1.807) is 17.4 Å². The van der Waals surface area contributed by atoms with Gasteiger partial charge in [-0.15, -0.1) is 11.3 Å². The van der Waals surface area contributed by atoms with Crippen molar-refractivity contribution in [1.29, 1.82) is 0 Å². The van der Waals surface area contributed by atoms with E-state index in [1.165, 1.54) is 21.3 Å². The third-order valence-corrected chi connectivity index (χ3v) is 8.46. The SMILES string of the molecule is CN1C(=CC(=O)Cn2cnc3sc4c(c3c2=O)CCSC4)C(C)(C)c2ccccc21. The molecule has 0 spiro atoms. The van der Waals surface area contributed by atoms with Gasteiger partial charge in [0.15, 0.2) is 5.78 Å². The number of carbonyl (C=O) groups is 1. The fourth-order valence-corrected chi connectivity index (χ4v) is 6.90. The zero-order valence-electron chi connectivity index (χ0n) is 17.3. The predicted octanol–water partition coefficient (Wildman–Crippen LogP) is 4.13. The van der Waals surface area contributed by atoms with Crippen LogP contribution in [0, 0.1) is 0 Å². The Morgan fingerprint density at radius 1 is 1.30 bits per heavy atom. The van der Waals surface area contributed by atoms with Crippen molar-refractivity contribution in [2.45, 2.75) is 38.0 Å². The van der Waals surface area contributed by atoms with E-state index < -0.39 is 0 Å². The standard InChI is InChI=1S/C23H23N3O2S2/c1-23(2)16-6-4-5-7-17(16)25(3)19(23)10-14(27)11-26-13-24-21-20(22(26)28)15-8-9-29-12-18(15)30-21/h4-7,10,13H,8-9,11-12H2,1-3H3. The van der Waals surface area contributed by atoms with Crippen molar-refractivity contribution in [3.05, 3.63) is 68.7 Å². The van der Waals surface area contributed by atoms with Crippen molar-refractivity contribution in [1.82, 2.24) is 9.55 Å². The minimum atomic E-state index is -0.266. The molecule has 4 heterocycles. The number of carbonyl (C=O) groups excluding carboxylic acids is 1. The second-order valence-corrected chi connectivity index (χ2v) is 10.6. The van der Waals surface area contributed by atoms with Crippen molar-refractivity contribution in [3.63, 3.8) is 0 Å². The molecule has 7 heteroatoms. The third-order valence-electron chi connectivity index (χ3n) is 6.16. The number of allylic oxidation sites excluding steroid dienone is 2. The zero-order chi connectivity index (χ0) is 21.0. The van der Waals surface area contributed by atoms with Crippen molar-refractivity contribution in [2.75, 3.05) is 17.7 Å². The number of ketones is 1. The molecule has 0 saturated carbocycles. The lowest BCUT2D eigenvalue weighted by atomic mass is 9.83. The maximum absolute atomic E-state index is 13.1. The Labute approximate surface area is 183 Å². The Bertz CT molecular complexity index is 1270. The number of anilines is 1. The van der Waals surface area contributed by atoms with Crippen LogP contribution in [0.25, 0.3) is 10.2 Å². The first-order valence-corrected chi connectivity index (χ1v) is 12.0. The number of hydrogen-bond donors (Lipinski definition) is 0. The molecule has 5 rings (SSSR count). The molecule has 1 aromatic carbocycles. The highest BCUT2D eigenvalue weighted by Gasteiger charge is 2.38. The first-order chi connectivity index (χ1) is 14.4. The van der Waals surface area contributed by atoms with E-state index in [2.05, 4.69) is 35.9 Å². The summed E-state index contributed by atoms with van der Waals surface area (Å²) in [4.78, 5) is 34.7. The van der Waals surface area contributed by atoms with Gasteiger partial charge in [-0.3, -0.25) is 14.2 Å². The minimum absolute atomic E-state index is 0.00487. The first-order valence-electron chi connectivity index (χ1n) is 10.0. The first kappa shape index (κ1) is 19.6. The van der Waals surface area contributed by atoms with E-state index in [-0.39, 0.29) is 23.3 Å². The number of nitrogens with zero attached hydrogens (tertiary/aromatic N) is 3. The van der Waals surface area contributed by atoms with Gasteiger partial charge in [0.25, 0.3) is 5.56 Å². The molecule has 0 fully saturated rings. The molecule has 2 aromatic heterocycles. The summed E-state index contributed by atoms with van der Waals surface area (Å²) in [6.07, 6.45) is 4.11. The molecule has 2 aliphatic rings. The maximum atomic E-state index is 13.1. The largest absolute Gasteiger partial charge is 0.347 e. The van der Waals surface area contributed by atoms with Crippen LogP contribution in [0.5, 0.6) is 0 Å². The Balaban J connectivity index is 1.49. The normalized spacial score (nSPS) is 18.6. The average molecular weight is 438 g/mol. The lowest BCUT2D eigenvalue weighted by molar-refractivity contribution is -0.115. The zero-order valence-corrected chi connectivity index (χ0v) is 18.9. The average Bonchev–Trinajstić information content (AvgIpc) is 3.20. The molecule has 30 heavy (non-hydrogen) atoms. The second kappa shape index (κ2) is 7.10. The fourth-order valence-electron chi connectivity index (χ4n) is 4.59. The molecule has 3 aromatic rings. The number of rotatable bonds is 3. The highest BCUT2D eigenvalue weighted by atomic mass is 32.2. The second-order valence-electron chi connectivity index (χ2n) is 8.36. The Kier molecular flexibility index (Phi) is 4.63. The fraction of sp³-hybridized carbons (Fsp3) is 0.348. The van der Waals surface area contributed by atoms with Crippen LogP contribution in [0.1, 0.15) is 29.9 Å². The highest BCUT2D eigenvalue weighted by molar-refractivity contribution is 7.98. The van der Waals surface area contributed by atoms with Crippen LogP contribution in [-0.4, -0.2) is 28.1 Å². The molecule has 154 valence electrons. The molecule has 0 amide bonds. The summed E-state index contributed by atoms with van der Waals surface area (Å²) in [5.41, 5.74) is 4.04. The summed E-state index contributed by atoms with van der Waals surface area (Å²) in [5.74, 6) is 1.88. The van der Waals surface area contributed by atoms with Crippen molar-refractivity contribution < 1.29 is 4.79 Å². The van der Waals surface area contributed by atoms with E-state index in [0.29, 0.717) is 5.39 Å². The number of aromatic nitrogens is 2. The van der Waals surface area contributed by atoms with Gasteiger partial charge < -0.3 is 4.90 Å². The number of thioether (sulfide) groups is 1. The van der Waals surface area contributed by atoms with Gasteiger partial charge in [-0.1, -0.05) is 32.0 Å². The van der Waals surface area contributed by atoms with Crippen LogP contribution in [0.2, 0.25) is 0 Å². The van der Waals surface area contributed by atoms with Gasteiger partial charge >= 0.3 is 0 Å². The summed E-state index contributed by atoms with van der Waals surface area (Å²) in [6.45, 7) is 4.26. The van der Waals surface area contributed by atoms with Crippen LogP contribution in [0.3, 0.4) is 0 Å². The van der Waals surface area contributed by atoms with E-state index >= 15 is 0 Å². The van der Waals surface area contributed by atoms with Crippen molar-refractivity contribution in [2.24, 2.45) is 0 Å². The van der Waals surface area contributed by atoms with E-state index in [1.807, 2.05) is 30.9 Å². The topological polar surface area (TPSA) is 55.2 Å². The lowest BCUT2D eigenvalue weighted by Gasteiger charge is -2.24. The number of likely N-dealkylation sites (N-methyl/N-ethyl adjacent to an activating group) is 1. The number of fused-ring (bicyclic) bond motifs is 4. The summed E-state index contributed by atoms with van der Waals surface area (Å²) in [5, 5.41) is 0.712. The Morgan fingerprint density at radius 2 is 2.10 bits per heavy atom. The van der Waals surface area contributed by atoms with Crippen LogP contribution in [0.15, 0.2) is 47.2 Å².